The minimum Gasteiger partial charge on any atom is -0.397 e. The fraction of sp³-hybridized carbons (Fsp3) is 0.250. The first-order chi connectivity index (χ1) is 9.49. The second kappa shape index (κ2) is 5.74. The molecule has 1 aromatic heterocycles. The van der Waals surface area contributed by atoms with E-state index in [1.54, 1.807) is 24.2 Å². The largest absolute Gasteiger partial charge is 0.397 e. The monoisotopic (exact) mass is 269 g/mol. The summed E-state index contributed by atoms with van der Waals surface area (Å²) in [6.45, 7) is 4.43. The molecule has 2 rings (SSSR count). The van der Waals surface area contributed by atoms with Gasteiger partial charge in [-0.2, -0.15) is 0 Å². The van der Waals surface area contributed by atoms with E-state index in [9.17, 15) is 4.79 Å². The Hall–Kier alpha value is -2.36. The summed E-state index contributed by atoms with van der Waals surface area (Å²) in [5.74, 6) is -0.0643. The summed E-state index contributed by atoms with van der Waals surface area (Å²) in [6, 6.07) is 9.73. The average molecular weight is 269 g/mol. The number of rotatable bonds is 3. The number of nitrogens with zero attached hydrogens (tertiary/aromatic N) is 2. The summed E-state index contributed by atoms with van der Waals surface area (Å²) in [4.78, 5) is 18.3. The van der Waals surface area contributed by atoms with Gasteiger partial charge in [-0.05, 0) is 31.0 Å². The van der Waals surface area contributed by atoms with Crippen LogP contribution in [0.4, 0.5) is 5.69 Å². The Kier molecular flexibility index (Phi) is 4.03. The van der Waals surface area contributed by atoms with Crippen LogP contribution < -0.4 is 5.73 Å². The van der Waals surface area contributed by atoms with Crippen LogP contribution in [0.1, 0.15) is 27.2 Å². The lowest BCUT2D eigenvalue weighted by molar-refractivity contribution is 0.0784. The third-order valence-corrected chi connectivity index (χ3v) is 3.35. The van der Waals surface area contributed by atoms with Crippen molar-refractivity contribution in [2.75, 3.05) is 12.8 Å². The SMILES string of the molecule is Cc1ccccc1CN(C)C(=O)c1cc(N)cnc1C. The number of amides is 1. The van der Waals surface area contributed by atoms with E-state index in [2.05, 4.69) is 4.98 Å². The molecule has 1 aromatic carbocycles. The normalized spacial score (nSPS) is 10.3. The van der Waals surface area contributed by atoms with E-state index in [-0.39, 0.29) is 5.91 Å². The lowest BCUT2D eigenvalue weighted by Gasteiger charge is -2.19. The molecule has 2 aromatic rings. The van der Waals surface area contributed by atoms with Crippen molar-refractivity contribution in [1.82, 2.24) is 9.88 Å². The van der Waals surface area contributed by atoms with Gasteiger partial charge in [-0.3, -0.25) is 9.78 Å². The van der Waals surface area contributed by atoms with Crippen molar-refractivity contribution in [3.63, 3.8) is 0 Å². The van der Waals surface area contributed by atoms with Crippen molar-refractivity contribution >= 4 is 11.6 Å². The molecule has 0 saturated carbocycles. The quantitative estimate of drug-likeness (QED) is 0.931. The molecule has 20 heavy (non-hydrogen) atoms. The molecule has 1 heterocycles. The van der Waals surface area contributed by atoms with Crippen molar-refractivity contribution in [2.24, 2.45) is 0 Å². The number of aryl methyl sites for hydroxylation is 2. The molecule has 0 aliphatic heterocycles. The topological polar surface area (TPSA) is 59.2 Å². The third kappa shape index (κ3) is 2.96. The van der Waals surface area contributed by atoms with Crippen LogP contribution in [0.15, 0.2) is 36.5 Å². The van der Waals surface area contributed by atoms with Gasteiger partial charge in [-0.1, -0.05) is 24.3 Å². The molecule has 2 N–H and O–H groups in total. The number of carbonyl (C=O) groups is 1. The van der Waals surface area contributed by atoms with Gasteiger partial charge in [-0.25, -0.2) is 0 Å². The van der Waals surface area contributed by atoms with Crippen LogP contribution in [0.2, 0.25) is 0 Å². The lowest BCUT2D eigenvalue weighted by atomic mass is 10.1. The van der Waals surface area contributed by atoms with E-state index in [4.69, 9.17) is 5.73 Å². The van der Waals surface area contributed by atoms with Gasteiger partial charge in [0.25, 0.3) is 5.91 Å². The average Bonchev–Trinajstić information content (AvgIpc) is 2.43. The van der Waals surface area contributed by atoms with E-state index >= 15 is 0 Å². The molecule has 1 amide bonds. The van der Waals surface area contributed by atoms with E-state index in [0.717, 1.165) is 5.56 Å². The Labute approximate surface area is 119 Å². The molecule has 0 fully saturated rings. The van der Waals surface area contributed by atoms with Crippen molar-refractivity contribution in [3.05, 3.63) is 58.9 Å². The highest BCUT2D eigenvalue weighted by atomic mass is 16.2. The molecule has 4 heteroatoms. The Bertz CT molecular complexity index is 637. The fourth-order valence-corrected chi connectivity index (χ4v) is 2.09. The Balaban J connectivity index is 2.21. The Morgan fingerprint density at radius 3 is 2.70 bits per heavy atom. The third-order valence-electron chi connectivity index (χ3n) is 3.35. The zero-order valence-electron chi connectivity index (χ0n) is 12.1. The van der Waals surface area contributed by atoms with Crippen LogP contribution in [0.5, 0.6) is 0 Å². The number of hydrogen-bond acceptors (Lipinski definition) is 3. The second-order valence-corrected chi connectivity index (χ2v) is 4.99. The van der Waals surface area contributed by atoms with Gasteiger partial charge < -0.3 is 10.6 Å². The molecular formula is C16H19N3O. The van der Waals surface area contributed by atoms with Crippen LogP contribution in [0.3, 0.4) is 0 Å². The first kappa shape index (κ1) is 14.1. The number of benzene rings is 1. The van der Waals surface area contributed by atoms with Crippen molar-refractivity contribution in [2.45, 2.75) is 20.4 Å². The first-order valence-corrected chi connectivity index (χ1v) is 6.51. The van der Waals surface area contributed by atoms with Crippen LogP contribution in [-0.2, 0) is 6.54 Å². The summed E-state index contributed by atoms with van der Waals surface area (Å²) in [6.07, 6.45) is 1.56. The summed E-state index contributed by atoms with van der Waals surface area (Å²) in [5, 5.41) is 0. The number of pyridine rings is 1. The molecule has 0 aliphatic carbocycles. The lowest BCUT2D eigenvalue weighted by Crippen LogP contribution is -2.27. The van der Waals surface area contributed by atoms with Gasteiger partial charge in [0.05, 0.1) is 23.1 Å². The van der Waals surface area contributed by atoms with Gasteiger partial charge in [0.15, 0.2) is 0 Å². The van der Waals surface area contributed by atoms with Crippen molar-refractivity contribution in [1.29, 1.82) is 0 Å². The van der Waals surface area contributed by atoms with E-state index < -0.39 is 0 Å². The highest BCUT2D eigenvalue weighted by Crippen LogP contribution is 2.15. The maximum Gasteiger partial charge on any atom is 0.255 e. The van der Waals surface area contributed by atoms with Crippen LogP contribution in [-0.4, -0.2) is 22.8 Å². The van der Waals surface area contributed by atoms with Gasteiger partial charge in [0.2, 0.25) is 0 Å². The van der Waals surface area contributed by atoms with Gasteiger partial charge in [0, 0.05) is 13.6 Å². The number of hydrogen-bond donors (Lipinski definition) is 1. The molecule has 4 nitrogen and oxygen atoms in total. The molecule has 0 radical (unpaired) electrons. The highest BCUT2D eigenvalue weighted by molar-refractivity contribution is 5.95. The van der Waals surface area contributed by atoms with Crippen molar-refractivity contribution < 1.29 is 4.79 Å². The Morgan fingerprint density at radius 2 is 2.00 bits per heavy atom. The summed E-state index contributed by atoms with van der Waals surface area (Å²) >= 11 is 0. The van der Waals surface area contributed by atoms with Crippen molar-refractivity contribution in [3.8, 4) is 0 Å². The van der Waals surface area contributed by atoms with Crippen LogP contribution >= 0.6 is 0 Å². The fourth-order valence-electron chi connectivity index (χ4n) is 2.09. The second-order valence-electron chi connectivity index (χ2n) is 4.99. The zero-order valence-corrected chi connectivity index (χ0v) is 12.1. The number of carbonyl (C=O) groups excluding carboxylic acids is 1. The molecule has 0 spiro atoms. The van der Waals surface area contributed by atoms with E-state index in [1.165, 1.54) is 5.56 Å². The number of aromatic nitrogens is 1. The number of nitrogens with two attached hydrogens (primary N) is 1. The summed E-state index contributed by atoms with van der Waals surface area (Å²) < 4.78 is 0. The van der Waals surface area contributed by atoms with Crippen LogP contribution in [0.25, 0.3) is 0 Å². The number of anilines is 1. The maximum absolute atomic E-state index is 12.5. The van der Waals surface area contributed by atoms with E-state index in [0.29, 0.717) is 23.5 Å². The van der Waals surface area contributed by atoms with E-state index in [1.807, 2.05) is 38.1 Å². The predicted molar refractivity (Wildman–Crippen MR) is 80.4 cm³/mol. The smallest absolute Gasteiger partial charge is 0.255 e. The van der Waals surface area contributed by atoms with Crippen LogP contribution in [0, 0.1) is 13.8 Å². The predicted octanol–water partition coefficient (Wildman–Crippen LogP) is 2.55. The molecule has 0 saturated heterocycles. The molecular weight excluding hydrogens is 250 g/mol. The van der Waals surface area contributed by atoms with Gasteiger partial charge in [0.1, 0.15) is 0 Å². The summed E-state index contributed by atoms with van der Waals surface area (Å²) in [7, 11) is 1.79. The number of nitrogen functional groups attached to an aromatic ring is 1. The molecule has 0 atom stereocenters. The standard InChI is InChI=1S/C16H19N3O/c1-11-6-4-5-7-13(11)10-19(3)16(20)15-8-14(17)9-18-12(15)2/h4-9H,10,17H2,1-3H3. The first-order valence-electron chi connectivity index (χ1n) is 6.51. The zero-order chi connectivity index (χ0) is 14.7. The minimum atomic E-state index is -0.0643. The molecule has 0 bridgehead atoms. The highest BCUT2D eigenvalue weighted by Gasteiger charge is 2.16. The Morgan fingerprint density at radius 1 is 1.30 bits per heavy atom. The molecule has 0 unspecified atom stereocenters. The van der Waals surface area contributed by atoms with Gasteiger partial charge in [-0.15, -0.1) is 0 Å². The molecule has 104 valence electrons. The minimum absolute atomic E-state index is 0.0643. The maximum atomic E-state index is 12.5. The van der Waals surface area contributed by atoms with Gasteiger partial charge >= 0.3 is 0 Å². The summed E-state index contributed by atoms with van der Waals surface area (Å²) in [5.41, 5.74) is 9.78. The molecule has 0 aliphatic rings.